The molecule has 0 spiro atoms. The number of furan rings is 1. The van der Waals surface area contributed by atoms with Crippen molar-refractivity contribution in [2.45, 2.75) is 34.1 Å². The molecule has 12 rings (SSSR count). The number of hydrogen-bond donors (Lipinski definition) is 0. The van der Waals surface area contributed by atoms with Gasteiger partial charge in [0.25, 0.3) is 0 Å². The van der Waals surface area contributed by atoms with Gasteiger partial charge in [-0.05, 0) is 129 Å². The molecule has 1 aliphatic rings. The third-order valence-electron chi connectivity index (χ3n) is 12.8. The Bertz CT molecular complexity index is 3450. The van der Waals surface area contributed by atoms with Crippen molar-refractivity contribution in [3.63, 3.8) is 0 Å². The molecule has 1 aliphatic carbocycles. The van der Waals surface area contributed by atoms with E-state index in [2.05, 4.69) is 230 Å². The van der Waals surface area contributed by atoms with Crippen molar-refractivity contribution in [3.05, 3.63) is 217 Å². The maximum atomic E-state index is 6.53. The molecular formula is C59H48N2O. The van der Waals surface area contributed by atoms with E-state index in [0.29, 0.717) is 0 Å². The minimum absolute atomic E-state index is 0. The van der Waals surface area contributed by atoms with Crippen molar-refractivity contribution in [3.8, 4) is 39.1 Å². The van der Waals surface area contributed by atoms with Crippen LogP contribution < -0.4 is 4.90 Å². The molecule has 0 amide bonds. The summed E-state index contributed by atoms with van der Waals surface area (Å²) in [6, 6.07) is 74.8. The molecule has 0 N–H and O–H groups in total. The van der Waals surface area contributed by atoms with Crippen molar-refractivity contribution in [1.29, 1.82) is 0 Å². The van der Waals surface area contributed by atoms with Gasteiger partial charge >= 0.3 is 0 Å². The fraction of sp³-hybridized carbons (Fsp3) is 0.0847. The number of nitrogens with zero attached hydrogens (tertiary/aromatic N) is 2. The molecule has 0 saturated heterocycles. The molecule has 0 saturated carbocycles. The van der Waals surface area contributed by atoms with Crippen molar-refractivity contribution >= 4 is 60.8 Å². The normalized spacial score (nSPS) is 12.5. The molecule has 0 atom stereocenters. The number of hydrogen-bond acceptors (Lipinski definition) is 2. The van der Waals surface area contributed by atoms with Gasteiger partial charge < -0.3 is 13.9 Å². The predicted octanol–water partition coefficient (Wildman–Crippen LogP) is 17.1. The fourth-order valence-electron chi connectivity index (χ4n) is 9.90. The van der Waals surface area contributed by atoms with Crippen LogP contribution in [0.4, 0.5) is 17.1 Å². The Morgan fingerprint density at radius 3 is 1.81 bits per heavy atom. The first-order valence-corrected chi connectivity index (χ1v) is 20.8. The Morgan fingerprint density at radius 1 is 0.403 bits per heavy atom. The highest BCUT2D eigenvalue weighted by atomic mass is 16.3. The van der Waals surface area contributed by atoms with Crippen LogP contribution in [0, 0.1) is 0 Å². The number of benzene rings is 9. The first-order chi connectivity index (χ1) is 29.5. The van der Waals surface area contributed by atoms with Gasteiger partial charge in [0.15, 0.2) is 0 Å². The summed E-state index contributed by atoms with van der Waals surface area (Å²) in [7, 11) is 0. The third kappa shape index (κ3) is 5.88. The van der Waals surface area contributed by atoms with Crippen LogP contribution in [0.3, 0.4) is 0 Å². The summed E-state index contributed by atoms with van der Waals surface area (Å²) in [5.74, 6) is 0. The third-order valence-corrected chi connectivity index (χ3v) is 12.8. The molecule has 3 heteroatoms. The van der Waals surface area contributed by atoms with E-state index in [9.17, 15) is 0 Å². The number of fused-ring (bicyclic) bond motifs is 9. The van der Waals surface area contributed by atoms with E-state index < -0.39 is 0 Å². The second-order valence-electron chi connectivity index (χ2n) is 16.5. The number of aromatic nitrogens is 1. The lowest BCUT2D eigenvalue weighted by Gasteiger charge is -2.28. The van der Waals surface area contributed by atoms with Gasteiger partial charge in [-0.3, -0.25) is 0 Å². The summed E-state index contributed by atoms with van der Waals surface area (Å²) in [4.78, 5) is 2.37. The van der Waals surface area contributed by atoms with Crippen molar-refractivity contribution in [2.75, 3.05) is 4.90 Å². The predicted molar refractivity (Wildman–Crippen MR) is 265 cm³/mol. The average molecular weight is 801 g/mol. The monoisotopic (exact) mass is 800 g/mol. The van der Waals surface area contributed by atoms with E-state index in [-0.39, 0.29) is 20.3 Å². The SMILES string of the molecule is C.C.CC1(C)c2ccccc2-c2ccc(N(c3ccccc3)c3ccc(-c4cccc5oc6ccc(-c7ccc8c(c7)c7ccccc7n8-c7ccccc7)cc6c45)cc3)cc21. The molecule has 11 aromatic rings. The molecular weight excluding hydrogens is 753 g/mol. The van der Waals surface area contributed by atoms with Gasteiger partial charge in [-0.2, -0.15) is 0 Å². The zero-order valence-electron chi connectivity index (χ0n) is 33.4. The zero-order valence-corrected chi connectivity index (χ0v) is 33.4. The second-order valence-corrected chi connectivity index (χ2v) is 16.5. The van der Waals surface area contributed by atoms with Crippen molar-refractivity contribution < 1.29 is 4.42 Å². The Balaban J connectivity index is 0.00000229. The van der Waals surface area contributed by atoms with E-state index >= 15 is 0 Å². The summed E-state index contributed by atoms with van der Waals surface area (Å²) in [5, 5.41) is 4.73. The molecule has 0 fully saturated rings. The highest BCUT2D eigenvalue weighted by molar-refractivity contribution is 6.14. The molecule has 0 radical (unpaired) electrons. The smallest absolute Gasteiger partial charge is 0.136 e. The van der Waals surface area contributed by atoms with Crippen LogP contribution in [0.5, 0.6) is 0 Å². The summed E-state index contributed by atoms with van der Waals surface area (Å²) < 4.78 is 8.89. The molecule has 3 nitrogen and oxygen atoms in total. The van der Waals surface area contributed by atoms with Crippen LogP contribution in [0.15, 0.2) is 211 Å². The molecule has 9 aromatic carbocycles. The van der Waals surface area contributed by atoms with Gasteiger partial charge in [-0.15, -0.1) is 0 Å². The number of rotatable bonds is 6. The van der Waals surface area contributed by atoms with Crippen LogP contribution in [0.25, 0.3) is 82.8 Å². The highest BCUT2D eigenvalue weighted by Crippen LogP contribution is 2.51. The van der Waals surface area contributed by atoms with Crippen LogP contribution in [-0.2, 0) is 5.41 Å². The lowest BCUT2D eigenvalue weighted by molar-refractivity contribution is 0.660. The summed E-state index contributed by atoms with van der Waals surface area (Å²) in [6.45, 7) is 4.69. The van der Waals surface area contributed by atoms with E-state index in [1.165, 1.54) is 49.6 Å². The van der Waals surface area contributed by atoms with Crippen LogP contribution in [0.2, 0.25) is 0 Å². The topological polar surface area (TPSA) is 21.3 Å². The molecule has 0 unspecified atom stereocenters. The lowest BCUT2D eigenvalue weighted by atomic mass is 9.82. The van der Waals surface area contributed by atoms with E-state index in [4.69, 9.17) is 4.42 Å². The molecule has 2 aromatic heterocycles. The van der Waals surface area contributed by atoms with Crippen LogP contribution >= 0.6 is 0 Å². The standard InChI is InChI=1S/C57H40N2O.2CH4/c1-57(2)50-21-11-9-18-45(50)46-31-30-43(36-51(46)57)58(40-14-5-3-6-15-40)42-28-24-37(25-29-42)44-20-13-23-55-56(44)49-35-39(27-33-54(49)60-55)38-26-32-53-48(34-38)47-19-10-12-22-52(47)59(53)41-16-7-4-8-17-41;;/h3-36H,1-2H3;2*1H4. The molecule has 62 heavy (non-hydrogen) atoms. The first kappa shape index (κ1) is 38.6. The Labute approximate surface area is 363 Å². The van der Waals surface area contributed by atoms with E-state index in [1.54, 1.807) is 0 Å². The lowest BCUT2D eigenvalue weighted by Crippen LogP contribution is -2.16. The van der Waals surface area contributed by atoms with E-state index in [1.807, 2.05) is 0 Å². The fourth-order valence-corrected chi connectivity index (χ4v) is 9.90. The summed E-state index contributed by atoms with van der Waals surface area (Å²) in [5.41, 5.74) is 18.7. The Kier molecular flexibility index (Phi) is 9.23. The summed E-state index contributed by atoms with van der Waals surface area (Å²) in [6.07, 6.45) is 0. The van der Waals surface area contributed by atoms with Gasteiger partial charge in [-0.1, -0.05) is 150 Å². The largest absolute Gasteiger partial charge is 0.456 e. The maximum absolute atomic E-state index is 6.53. The molecule has 2 heterocycles. The maximum Gasteiger partial charge on any atom is 0.136 e. The summed E-state index contributed by atoms with van der Waals surface area (Å²) >= 11 is 0. The first-order valence-electron chi connectivity index (χ1n) is 20.8. The van der Waals surface area contributed by atoms with Gasteiger partial charge in [0.05, 0.1) is 11.0 Å². The van der Waals surface area contributed by atoms with E-state index in [0.717, 1.165) is 61.4 Å². The quantitative estimate of drug-likeness (QED) is 0.167. The minimum atomic E-state index is -0.0877. The van der Waals surface area contributed by atoms with Crippen LogP contribution in [0.1, 0.15) is 39.8 Å². The number of para-hydroxylation sites is 3. The molecule has 300 valence electrons. The average Bonchev–Trinajstić information content (AvgIpc) is 3.92. The zero-order chi connectivity index (χ0) is 40.0. The number of anilines is 3. The van der Waals surface area contributed by atoms with Gasteiger partial charge in [-0.25, -0.2) is 0 Å². The van der Waals surface area contributed by atoms with Crippen molar-refractivity contribution in [1.82, 2.24) is 4.57 Å². The van der Waals surface area contributed by atoms with Gasteiger partial charge in [0.1, 0.15) is 11.2 Å². The Hall–Kier alpha value is -7.62. The molecule has 0 aliphatic heterocycles. The Morgan fingerprint density at radius 2 is 1.00 bits per heavy atom. The van der Waals surface area contributed by atoms with Crippen molar-refractivity contribution in [2.24, 2.45) is 0 Å². The minimum Gasteiger partial charge on any atom is -0.456 e. The molecule has 0 bridgehead atoms. The second kappa shape index (κ2) is 14.8. The highest BCUT2D eigenvalue weighted by Gasteiger charge is 2.35. The van der Waals surface area contributed by atoms with Crippen LogP contribution in [-0.4, -0.2) is 4.57 Å². The van der Waals surface area contributed by atoms with Gasteiger partial charge in [0, 0.05) is 49.7 Å². The van der Waals surface area contributed by atoms with Gasteiger partial charge in [0.2, 0.25) is 0 Å².